The molecule has 3 rings (SSSR count). The second-order valence-electron chi connectivity index (χ2n) is 5.44. The van der Waals surface area contributed by atoms with Crippen LogP contribution in [0.3, 0.4) is 0 Å². The Hall–Kier alpha value is -3.06. The summed E-state index contributed by atoms with van der Waals surface area (Å²) in [5.74, 6) is -1.90. The highest BCUT2D eigenvalue weighted by Crippen LogP contribution is 2.32. The van der Waals surface area contributed by atoms with Crippen LogP contribution in [0.4, 0.5) is 4.39 Å². The number of aryl methyl sites for hydroxylation is 1. The summed E-state index contributed by atoms with van der Waals surface area (Å²) in [6.07, 6.45) is 0. The number of aromatic nitrogens is 1. The summed E-state index contributed by atoms with van der Waals surface area (Å²) in [4.78, 5) is 24.1. The van der Waals surface area contributed by atoms with E-state index >= 15 is 0 Å². The molecule has 0 fully saturated rings. The molecule has 0 saturated heterocycles. The summed E-state index contributed by atoms with van der Waals surface area (Å²) in [7, 11) is 2.54. The second kappa shape index (κ2) is 6.68. The Labute approximate surface area is 152 Å². The Kier molecular flexibility index (Phi) is 4.56. The number of ether oxygens (including phenoxy) is 2. The summed E-state index contributed by atoms with van der Waals surface area (Å²) >= 11 is 5.84. The highest BCUT2D eigenvalue weighted by Gasteiger charge is 2.22. The van der Waals surface area contributed by atoms with Gasteiger partial charge in [0.1, 0.15) is 11.5 Å². The van der Waals surface area contributed by atoms with Gasteiger partial charge in [0.15, 0.2) is 17.1 Å². The van der Waals surface area contributed by atoms with Gasteiger partial charge in [0.05, 0.1) is 12.6 Å². The van der Waals surface area contributed by atoms with Crippen LogP contribution in [0, 0.1) is 5.82 Å². The quantitative estimate of drug-likeness (QED) is 0.705. The molecule has 134 valence electrons. The minimum atomic E-state index is -0.939. The van der Waals surface area contributed by atoms with Crippen LogP contribution in [0.15, 0.2) is 41.2 Å². The Morgan fingerprint density at radius 3 is 2.65 bits per heavy atom. The van der Waals surface area contributed by atoms with Gasteiger partial charge in [-0.05, 0) is 24.3 Å². The van der Waals surface area contributed by atoms with Crippen LogP contribution in [0.2, 0.25) is 5.02 Å². The normalized spacial score (nSPS) is 10.8. The number of pyridine rings is 1. The number of carbonyl (C=O) groups is 1. The molecule has 1 heterocycles. The molecular weight excluding hydrogens is 365 g/mol. The Morgan fingerprint density at radius 1 is 1.23 bits per heavy atom. The summed E-state index contributed by atoms with van der Waals surface area (Å²) < 4.78 is 25.0. The molecule has 0 aliphatic heterocycles. The Balaban J connectivity index is 2.15. The lowest BCUT2D eigenvalue weighted by atomic mass is 10.1. The van der Waals surface area contributed by atoms with E-state index in [1.165, 1.54) is 48.0 Å². The monoisotopic (exact) mass is 377 g/mol. The maximum absolute atomic E-state index is 13.8. The van der Waals surface area contributed by atoms with E-state index in [-0.39, 0.29) is 16.9 Å². The molecule has 3 aromatic rings. The molecule has 0 atom stereocenters. The van der Waals surface area contributed by atoms with Gasteiger partial charge in [-0.1, -0.05) is 11.6 Å². The highest BCUT2D eigenvalue weighted by molar-refractivity contribution is 6.30. The Bertz CT molecular complexity index is 1090. The number of hydrogen-bond donors (Lipinski definition) is 1. The summed E-state index contributed by atoms with van der Waals surface area (Å²) in [6, 6.07) is 8.24. The minimum Gasteiger partial charge on any atom is -0.506 e. The number of benzene rings is 2. The fourth-order valence-corrected chi connectivity index (χ4v) is 2.70. The van der Waals surface area contributed by atoms with Gasteiger partial charge in [0.25, 0.3) is 5.56 Å². The van der Waals surface area contributed by atoms with E-state index in [2.05, 4.69) is 4.74 Å². The molecule has 0 aliphatic carbocycles. The predicted molar refractivity (Wildman–Crippen MR) is 93.7 cm³/mol. The molecule has 1 aromatic heterocycles. The number of fused-ring (bicyclic) bond motifs is 1. The molecule has 0 spiro atoms. The second-order valence-corrected chi connectivity index (χ2v) is 5.87. The number of methoxy groups -OCH3 is 1. The van der Waals surface area contributed by atoms with E-state index in [0.717, 1.165) is 7.11 Å². The van der Waals surface area contributed by atoms with Gasteiger partial charge in [-0.3, -0.25) is 4.79 Å². The number of rotatable bonds is 3. The van der Waals surface area contributed by atoms with Crippen molar-refractivity contribution >= 4 is 28.5 Å². The SMILES string of the molecule is COC(=O)c1c(O)c2ccc(Oc3cc(Cl)ccc3F)cc2n(C)c1=O. The number of halogens is 2. The minimum absolute atomic E-state index is 0.0859. The zero-order valence-corrected chi connectivity index (χ0v) is 14.5. The van der Waals surface area contributed by atoms with Crippen molar-refractivity contribution in [3.05, 3.63) is 63.2 Å². The maximum atomic E-state index is 13.8. The summed E-state index contributed by atoms with van der Waals surface area (Å²) in [5.41, 5.74) is -0.898. The lowest BCUT2D eigenvalue weighted by molar-refractivity contribution is 0.0595. The first-order valence-electron chi connectivity index (χ1n) is 7.40. The van der Waals surface area contributed by atoms with Crippen molar-refractivity contribution < 1.29 is 23.8 Å². The molecule has 6 nitrogen and oxygen atoms in total. The topological polar surface area (TPSA) is 77.8 Å². The molecule has 1 N–H and O–H groups in total. The van der Waals surface area contributed by atoms with Crippen molar-refractivity contribution in [2.75, 3.05) is 7.11 Å². The van der Waals surface area contributed by atoms with Crippen LogP contribution in [-0.2, 0) is 11.8 Å². The average molecular weight is 378 g/mol. The van der Waals surface area contributed by atoms with Crippen LogP contribution in [-0.4, -0.2) is 22.8 Å². The molecule has 0 bridgehead atoms. The fourth-order valence-electron chi connectivity index (χ4n) is 2.53. The predicted octanol–water partition coefficient (Wildman–Crippen LogP) is 3.62. The molecule has 0 unspecified atom stereocenters. The van der Waals surface area contributed by atoms with Crippen LogP contribution in [0.1, 0.15) is 10.4 Å². The number of hydrogen-bond acceptors (Lipinski definition) is 5. The van der Waals surface area contributed by atoms with E-state index in [0.29, 0.717) is 10.5 Å². The molecular formula is C18H13ClFNO5. The van der Waals surface area contributed by atoms with Gasteiger partial charge in [0.2, 0.25) is 0 Å². The van der Waals surface area contributed by atoms with E-state index in [1.807, 2.05) is 0 Å². The largest absolute Gasteiger partial charge is 0.506 e. The van der Waals surface area contributed by atoms with Crippen molar-refractivity contribution in [1.82, 2.24) is 4.57 Å². The molecule has 0 saturated carbocycles. The van der Waals surface area contributed by atoms with E-state index in [1.54, 1.807) is 0 Å². The summed E-state index contributed by atoms with van der Waals surface area (Å²) in [6.45, 7) is 0. The molecule has 0 amide bonds. The number of aromatic hydroxyl groups is 1. The van der Waals surface area contributed by atoms with Crippen LogP contribution < -0.4 is 10.3 Å². The number of esters is 1. The molecule has 26 heavy (non-hydrogen) atoms. The van der Waals surface area contributed by atoms with Gasteiger partial charge in [-0.25, -0.2) is 9.18 Å². The standard InChI is InChI=1S/C18H13ClFNO5/c1-21-13-8-10(26-14-7-9(19)3-6-12(14)20)4-5-11(13)16(22)15(17(21)23)18(24)25-2/h3-8,22H,1-2H3. The number of nitrogens with zero attached hydrogens (tertiary/aromatic N) is 1. The first-order chi connectivity index (χ1) is 12.3. The zero-order valence-electron chi connectivity index (χ0n) is 13.7. The van der Waals surface area contributed by atoms with Crippen molar-refractivity contribution in [3.63, 3.8) is 0 Å². The first-order valence-corrected chi connectivity index (χ1v) is 7.78. The van der Waals surface area contributed by atoms with Crippen molar-refractivity contribution in [2.24, 2.45) is 7.05 Å². The van der Waals surface area contributed by atoms with Crippen LogP contribution in [0.5, 0.6) is 17.2 Å². The van der Waals surface area contributed by atoms with Gasteiger partial charge < -0.3 is 19.1 Å². The van der Waals surface area contributed by atoms with E-state index in [4.69, 9.17) is 16.3 Å². The maximum Gasteiger partial charge on any atom is 0.347 e. The zero-order chi connectivity index (χ0) is 19.0. The van der Waals surface area contributed by atoms with E-state index in [9.17, 15) is 19.1 Å². The van der Waals surface area contributed by atoms with Gasteiger partial charge in [0, 0.05) is 29.6 Å². The highest BCUT2D eigenvalue weighted by atomic mass is 35.5. The van der Waals surface area contributed by atoms with Crippen LogP contribution in [0.25, 0.3) is 10.9 Å². The third-order valence-corrected chi connectivity index (χ3v) is 4.09. The molecule has 0 aliphatic rings. The fraction of sp³-hybridized carbons (Fsp3) is 0.111. The smallest absolute Gasteiger partial charge is 0.347 e. The number of carbonyl (C=O) groups excluding carboxylic acids is 1. The van der Waals surface area contributed by atoms with Crippen molar-refractivity contribution in [1.29, 1.82) is 0 Å². The lowest BCUT2D eigenvalue weighted by Gasteiger charge is -2.13. The van der Waals surface area contributed by atoms with Gasteiger partial charge in [-0.2, -0.15) is 0 Å². The average Bonchev–Trinajstić information content (AvgIpc) is 2.62. The third-order valence-electron chi connectivity index (χ3n) is 3.85. The van der Waals surface area contributed by atoms with Gasteiger partial charge >= 0.3 is 5.97 Å². The third kappa shape index (κ3) is 2.97. The van der Waals surface area contributed by atoms with Crippen molar-refractivity contribution in [2.45, 2.75) is 0 Å². The first kappa shape index (κ1) is 17.8. The lowest BCUT2D eigenvalue weighted by Crippen LogP contribution is -2.25. The molecule has 0 radical (unpaired) electrons. The van der Waals surface area contributed by atoms with Gasteiger partial charge in [-0.15, -0.1) is 0 Å². The molecule has 2 aromatic carbocycles. The Morgan fingerprint density at radius 2 is 1.96 bits per heavy atom. The van der Waals surface area contributed by atoms with Crippen molar-refractivity contribution in [3.8, 4) is 17.2 Å². The summed E-state index contributed by atoms with van der Waals surface area (Å²) in [5, 5.41) is 10.8. The van der Waals surface area contributed by atoms with E-state index < -0.39 is 28.7 Å². The van der Waals surface area contributed by atoms with Crippen LogP contribution >= 0.6 is 11.6 Å². The molecule has 8 heteroatoms.